The fourth-order valence-corrected chi connectivity index (χ4v) is 2.52. The molecular weight excluding hydrogens is 234 g/mol. The molecule has 0 saturated heterocycles. The summed E-state index contributed by atoms with van der Waals surface area (Å²) in [6.45, 7) is 7.01. The normalized spacial score (nSPS) is 12.7. The number of anilines is 1. The summed E-state index contributed by atoms with van der Waals surface area (Å²) >= 11 is 1.70. The van der Waals surface area contributed by atoms with Crippen molar-refractivity contribution >= 4 is 16.5 Å². The number of ether oxygens (including phenoxy) is 1. The van der Waals surface area contributed by atoms with Crippen LogP contribution < -0.4 is 10.2 Å². The molecule has 1 aromatic heterocycles. The lowest BCUT2D eigenvalue weighted by molar-refractivity contribution is 0.196. The van der Waals surface area contributed by atoms with Crippen molar-refractivity contribution in [2.45, 2.75) is 26.3 Å². The molecular formula is C12H23N3OS. The van der Waals surface area contributed by atoms with E-state index in [1.54, 1.807) is 18.4 Å². The Balaban J connectivity index is 2.48. The highest BCUT2D eigenvalue weighted by molar-refractivity contribution is 7.13. The summed E-state index contributed by atoms with van der Waals surface area (Å²) in [5, 5.41) is 6.59. The lowest BCUT2D eigenvalue weighted by Gasteiger charge is -2.15. The highest BCUT2D eigenvalue weighted by atomic mass is 32.1. The third-order valence-electron chi connectivity index (χ3n) is 2.63. The number of rotatable bonds is 8. The zero-order chi connectivity index (χ0) is 12.7. The molecule has 0 spiro atoms. The van der Waals surface area contributed by atoms with E-state index in [2.05, 4.69) is 41.5 Å². The molecule has 17 heavy (non-hydrogen) atoms. The van der Waals surface area contributed by atoms with Crippen LogP contribution in [0.25, 0.3) is 0 Å². The van der Waals surface area contributed by atoms with Crippen molar-refractivity contribution in [3.63, 3.8) is 0 Å². The van der Waals surface area contributed by atoms with Crippen molar-refractivity contribution in [1.82, 2.24) is 10.3 Å². The van der Waals surface area contributed by atoms with Gasteiger partial charge in [-0.3, -0.25) is 0 Å². The van der Waals surface area contributed by atoms with E-state index < -0.39 is 0 Å². The molecule has 1 unspecified atom stereocenters. The van der Waals surface area contributed by atoms with Gasteiger partial charge in [0.1, 0.15) is 0 Å². The molecule has 1 N–H and O–H groups in total. The maximum Gasteiger partial charge on any atom is 0.185 e. The summed E-state index contributed by atoms with van der Waals surface area (Å²) in [4.78, 5) is 6.83. The average Bonchev–Trinajstić information content (AvgIpc) is 2.79. The summed E-state index contributed by atoms with van der Waals surface area (Å²) in [5.74, 6) is 0. The smallest absolute Gasteiger partial charge is 0.185 e. The van der Waals surface area contributed by atoms with Crippen LogP contribution in [-0.4, -0.2) is 38.8 Å². The number of aromatic nitrogens is 1. The molecule has 0 amide bonds. The first kappa shape index (κ1) is 14.4. The summed E-state index contributed by atoms with van der Waals surface area (Å²) in [6, 6.07) is 0.331. The van der Waals surface area contributed by atoms with Crippen LogP contribution in [0.2, 0.25) is 0 Å². The SMILES string of the molecule is CCNC(C)c1csc(N(C)CCCOC)n1. The van der Waals surface area contributed by atoms with Crippen molar-refractivity contribution < 1.29 is 4.74 Å². The lowest BCUT2D eigenvalue weighted by atomic mass is 10.3. The number of hydrogen-bond donors (Lipinski definition) is 1. The van der Waals surface area contributed by atoms with E-state index in [-0.39, 0.29) is 0 Å². The molecule has 5 heteroatoms. The Kier molecular flexibility index (Phi) is 6.47. The highest BCUT2D eigenvalue weighted by Crippen LogP contribution is 2.23. The van der Waals surface area contributed by atoms with E-state index in [9.17, 15) is 0 Å². The van der Waals surface area contributed by atoms with Crippen LogP contribution in [0.3, 0.4) is 0 Å². The van der Waals surface area contributed by atoms with Crippen molar-refractivity contribution in [2.24, 2.45) is 0 Å². The molecule has 4 nitrogen and oxygen atoms in total. The highest BCUT2D eigenvalue weighted by Gasteiger charge is 2.11. The van der Waals surface area contributed by atoms with Gasteiger partial charge in [-0.05, 0) is 19.9 Å². The first-order chi connectivity index (χ1) is 8.19. The van der Waals surface area contributed by atoms with Gasteiger partial charge in [-0.15, -0.1) is 11.3 Å². The van der Waals surface area contributed by atoms with Gasteiger partial charge in [0.25, 0.3) is 0 Å². The zero-order valence-electron chi connectivity index (χ0n) is 11.2. The van der Waals surface area contributed by atoms with Crippen molar-refractivity contribution in [1.29, 1.82) is 0 Å². The van der Waals surface area contributed by atoms with Gasteiger partial charge in [-0.25, -0.2) is 4.98 Å². The fraction of sp³-hybridized carbons (Fsp3) is 0.750. The average molecular weight is 257 g/mol. The van der Waals surface area contributed by atoms with Crippen molar-refractivity contribution in [3.8, 4) is 0 Å². The molecule has 1 rings (SSSR count). The van der Waals surface area contributed by atoms with Crippen LogP contribution in [0.1, 0.15) is 32.0 Å². The van der Waals surface area contributed by atoms with Gasteiger partial charge in [0.2, 0.25) is 0 Å². The van der Waals surface area contributed by atoms with Gasteiger partial charge >= 0.3 is 0 Å². The van der Waals surface area contributed by atoms with Crippen LogP contribution in [-0.2, 0) is 4.74 Å². The molecule has 0 saturated carbocycles. The second kappa shape index (κ2) is 7.63. The summed E-state index contributed by atoms with van der Waals surface area (Å²) in [5.41, 5.74) is 1.13. The largest absolute Gasteiger partial charge is 0.385 e. The van der Waals surface area contributed by atoms with Crippen LogP contribution in [0.15, 0.2) is 5.38 Å². The predicted octanol–water partition coefficient (Wildman–Crippen LogP) is 2.29. The number of hydrogen-bond acceptors (Lipinski definition) is 5. The van der Waals surface area contributed by atoms with Gasteiger partial charge in [0, 0.05) is 38.7 Å². The number of thiazole rings is 1. The van der Waals surface area contributed by atoms with Gasteiger partial charge in [0.15, 0.2) is 5.13 Å². The van der Waals surface area contributed by atoms with Crippen LogP contribution in [0.5, 0.6) is 0 Å². The van der Waals surface area contributed by atoms with Crippen LogP contribution in [0, 0.1) is 0 Å². The van der Waals surface area contributed by atoms with E-state index >= 15 is 0 Å². The van der Waals surface area contributed by atoms with E-state index in [1.807, 2.05) is 0 Å². The number of nitrogens with one attached hydrogen (secondary N) is 1. The third kappa shape index (κ3) is 4.61. The molecule has 0 aromatic carbocycles. The molecule has 98 valence electrons. The topological polar surface area (TPSA) is 37.4 Å². The second-order valence-electron chi connectivity index (χ2n) is 4.10. The predicted molar refractivity (Wildman–Crippen MR) is 74.0 cm³/mol. The Hall–Kier alpha value is -0.650. The first-order valence-corrected chi connectivity index (χ1v) is 6.95. The van der Waals surface area contributed by atoms with Gasteiger partial charge < -0.3 is 15.0 Å². The van der Waals surface area contributed by atoms with Gasteiger partial charge in [-0.1, -0.05) is 6.92 Å². The molecule has 0 aliphatic rings. The molecule has 0 bridgehead atoms. The first-order valence-electron chi connectivity index (χ1n) is 6.08. The summed E-state index contributed by atoms with van der Waals surface area (Å²) < 4.78 is 5.05. The van der Waals surface area contributed by atoms with Crippen LogP contribution in [0.4, 0.5) is 5.13 Å². The van der Waals surface area contributed by atoms with E-state index in [0.29, 0.717) is 6.04 Å². The maximum absolute atomic E-state index is 5.05. The molecule has 1 atom stereocenters. The minimum Gasteiger partial charge on any atom is -0.385 e. The Morgan fingerprint density at radius 2 is 2.35 bits per heavy atom. The fourth-order valence-electron chi connectivity index (χ4n) is 1.60. The standard InChI is InChI=1S/C12H23N3OS/c1-5-13-10(2)11-9-17-12(14-11)15(3)7-6-8-16-4/h9-10,13H,5-8H2,1-4H3. The molecule has 0 fully saturated rings. The Morgan fingerprint density at radius 3 is 3.00 bits per heavy atom. The summed E-state index contributed by atoms with van der Waals surface area (Å²) in [7, 11) is 3.82. The molecule has 0 aliphatic carbocycles. The van der Waals surface area contributed by atoms with E-state index in [1.165, 1.54) is 0 Å². The lowest BCUT2D eigenvalue weighted by Crippen LogP contribution is -2.21. The van der Waals surface area contributed by atoms with Crippen molar-refractivity contribution in [3.05, 3.63) is 11.1 Å². The molecule has 1 aromatic rings. The maximum atomic E-state index is 5.05. The van der Waals surface area contributed by atoms with E-state index in [4.69, 9.17) is 4.74 Å². The van der Waals surface area contributed by atoms with Gasteiger partial charge in [0.05, 0.1) is 5.69 Å². The molecule has 1 heterocycles. The minimum atomic E-state index is 0.331. The van der Waals surface area contributed by atoms with Crippen molar-refractivity contribution in [2.75, 3.05) is 38.8 Å². The quantitative estimate of drug-likeness (QED) is 0.725. The Labute approximate surface area is 108 Å². The number of methoxy groups -OCH3 is 1. The number of nitrogens with zero attached hydrogens (tertiary/aromatic N) is 2. The zero-order valence-corrected chi connectivity index (χ0v) is 12.0. The Bertz CT molecular complexity index is 316. The van der Waals surface area contributed by atoms with E-state index in [0.717, 1.165) is 36.9 Å². The van der Waals surface area contributed by atoms with Crippen LogP contribution >= 0.6 is 11.3 Å². The van der Waals surface area contributed by atoms with Gasteiger partial charge in [-0.2, -0.15) is 0 Å². The molecule has 0 radical (unpaired) electrons. The Morgan fingerprint density at radius 1 is 1.59 bits per heavy atom. The summed E-state index contributed by atoms with van der Waals surface area (Å²) in [6.07, 6.45) is 1.03. The monoisotopic (exact) mass is 257 g/mol. The third-order valence-corrected chi connectivity index (χ3v) is 3.61. The molecule has 0 aliphatic heterocycles. The minimum absolute atomic E-state index is 0.331. The second-order valence-corrected chi connectivity index (χ2v) is 4.94.